The maximum Gasteiger partial charge on any atom is 0.221 e. The third-order valence-corrected chi connectivity index (χ3v) is 4.11. The summed E-state index contributed by atoms with van der Waals surface area (Å²) in [5.41, 5.74) is 5.43. The van der Waals surface area contributed by atoms with Crippen LogP contribution in [0.25, 0.3) is 11.3 Å². The van der Waals surface area contributed by atoms with Gasteiger partial charge in [-0.3, -0.25) is 14.9 Å². The summed E-state index contributed by atoms with van der Waals surface area (Å²) in [5.74, 6) is 0.0207. The number of pyridine rings is 1. The summed E-state index contributed by atoms with van der Waals surface area (Å²) in [7, 11) is 0. The van der Waals surface area contributed by atoms with E-state index in [2.05, 4.69) is 57.0 Å². The fourth-order valence-corrected chi connectivity index (χ4v) is 2.63. The third kappa shape index (κ3) is 5.00. The summed E-state index contributed by atoms with van der Waals surface area (Å²) < 4.78 is 0. The second-order valence-corrected chi connectivity index (χ2v) is 6.20. The Morgan fingerprint density at radius 3 is 2.73 bits per heavy atom. The summed E-state index contributed by atoms with van der Waals surface area (Å²) in [6.07, 6.45) is 5.72. The van der Waals surface area contributed by atoms with Crippen molar-refractivity contribution in [2.24, 2.45) is 0 Å². The molecule has 3 aromatic rings. The van der Waals surface area contributed by atoms with Gasteiger partial charge in [-0.05, 0) is 24.1 Å². The summed E-state index contributed by atoms with van der Waals surface area (Å²) >= 11 is 0. The van der Waals surface area contributed by atoms with E-state index < -0.39 is 0 Å². The number of rotatable bonds is 8. The molecule has 2 heterocycles. The molecular weight excluding hydrogens is 326 g/mol. The van der Waals surface area contributed by atoms with Gasteiger partial charge in [-0.1, -0.05) is 35.9 Å². The maximum absolute atomic E-state index is 11.9. The Morgan fingerprint density at radius 1 is 1.12 bits per heavy atom. The van der Waals surface area contributed by atoms with Crippen LogP contribution in [0.3, 0.4) is 0 Å². The topological polar surface area (TPSA) is 82.7 Å². The van der Waals surface area contributed by atoms with Crippen LogP contribution in [0.2, 0.25) is 0 Å². The van der Waals surface area contributed by atoms with E-state index in [1.807, 2.05) is 18.3 Å². The van der Waals surface area contributed by atoms with Crippen molar-refractivity contribution in [3.05, 3.63) is 71.7 Å². The second-order valence-electron chi connectivity index (χ2n) is 6.20. The Hall–Kier alpha value is -2.99. The smallest absolute Gasteiger partial charge is 0.221 e. The molecule has 3 rings (SSSR count). The van der Waals surface area contributed by atoms with Gasteiger partial charge in [0, 0.05) is 44.0 Å². The molecule has 6 nitrogen and oxygen atoms in total. The molecule has 1 aromatic carbocycles. The predicted molar refractivity (Wildman–Crippen MR) is 101 cm³/mol. The lowest BCUT2D eigenvalue weighted by Crippen LogP contribution is -2.27. The molecule has 0 aliphatic carbocycles. The zero-order valence-corrected chi connectivity index (χ0v) is 14.8. The standard InChI is InChI=1S/C20H23N5O/c1-15-4-6-17(7-5-15)20-18(14-24-25-20)13-22-10-8-19(26)23-12-16-3-2-9-21-11-16/h2-7,9,11,14,22H,8,10,12-13H2,1H3,(H,23,26)(H,24,25). The van der Waals surface area contributed by atoms with Gasteiger partial charge in [-0.2, -0.15) is 5.10 Å². The summed E-state index contributed by atoms with van der Waals surface area (Å²) in [6.45, 7) is 3.84. The Balaban J connectivity index is 1.42. The number of aromatic nitrogens is 3. The largest absolute Gasteiger partial charge is 0.352 e. The Morgan fingerprint density at radius 2 is 1.96 bits per heavy atom. The van der Waals surface area contributed by atoms with E-state index in [4.69, 9.17) is 0 Å². The summed E-state index contributed by atoms with van der Waals surface area (Å²) in [4.78, 5) is 15.9. The van der Waals surface area contributed by atoms with Gasteiger partial charge in [0.2, 0.25) is 5.91 Å². The minimum atomic E-state index is 0.0207. The fraction of sp³-hybridized carbons (Fsp3) is 0.250. The number of aryl methyl sites for hydroxylation is 1. The molecular formula is C20H23N5O. The normalized spacial score (nSPS) is 10.7. The first kappa shape index (κ1) is 17.8. The zero-order chi connectivity index (χ0) is 18.2. The number of nitrogens with one attached hydrogen (secondary N) is 3. The molecule has 3 N–H and O–H groups in total. The predicted octanol–water partition coefficient (Wildman–Crippen LogP) is 2.58. The van der Waals surface area contributed by atoms with Gasteiger partial charge in [0.15, 0.2) is 0 Å². The molecule has 0 spiro atoms. The number of carbonyl (C=O) groups is 1. The van der Waals surface area contributed by atoms with Crippen LogP contribution < -0.4 is 10.6 Å². The van der Waals surface area contributed by atoms with Crippen molar-refractivity contribution in [2.75, 3.05) is 6.54 Å². The molecule has 26 heavy (non-hydrogen) atoms. The van der Waals surface area contributed by atoms with Gasteiger partial charge >= 0.3 is 0 Å². The lowest BCUT2D eigenvalue weighted by atomic mass is 10.1. The van der Waals surface area contributed by atoms with Crippen molar-refractivity contribution in [1.82, 2.24) is 25.8 Å². The molecule has 0 saturated carbocycles. The van der Waals surface area contributed by atoms with Crippen molar-refractivity contribution in [3.63, 3.8) is 0 Å². The lowest BCUT2D eigenvalue weighted by Gasteiger charge is -2.07. The number of H-pyrrole nitrogens is 1. The highest BCUT2D eigenvalue weighted by Crippen LogP contribution is 2.21. The van der Waals surface area contributed by atoms with Crippen LogP contribution in [0.1, 0.15) is 23.1 Å². The maximum atomic E-state index is 11.9. The van der Waals surface area contributed by atoms with Crippen LogP contribution in [-0.4, -0.2) is 27.6 Å². The molecule has 0 atom stereocenters. The number of aromatic amines is 1. The zero-order valence-electron chi connectivity index (χ0n) is 14.8. The van der Waals surface area contributed by atoms with E-state index in [1.54, 1.807) is 12.4 Å². The summed E-state index contributed by atoms with van der Waals surface area (Å²) in [5, 5.41) is 13.4. The highest BCUT2D eigenvalue weighted by atomic mass is 16.1. The van der Waals surface area contributed by atoms with Gasteiger partial charge in [-0.25, -0.2) is 0 Å². The first-order valence-corrected chi connectivity index (χ1v) is 8.68. The number of hydrogen-bond acceptors (Lipinski definition) is 4. The quantitative estimate of drug-likeness (QED) is 0.546. The monoisotopic (exact) mass is 349 g/mol. The molecule has 0 saturated heterocycles. The summed E-state index contributed by atoms with van der Waals surface area (Å²) in [6, 6.07) is 12.1. The molecule has 0 fully saturated rings. The average Bonchev–Trinajstić information content (AvgIpc) is 3.13. The van der Waals surface area contributed by atoms with Crippen LogP contribution in [0.4, 0.5) is 0 Å². The van der Waals surface area contributed by atoms with Gasteiger partial charge in [0.25, 0.3) is 0 Å². The van der Waals surface area contributed by atoms with Gasteiger partial charge in [0.1, 0.15) is 0 Å². The van der Waals surface area contributed by atoms with Crippen molar-refractivity contribution in [1.29, 1.82) is 0 Å². The van der Waals surface area contributed by atoms with Crippen LogP contribution in [0, 0.1) is 6.92 Å². The molecule has 134 valence electrons. The molecule has 0 aliphatic heterocycles. The Labute approximate surface area is 153 Å². The van der Waals surface area contributed by atoms with Crippen LogP contribution in [0.15, 0.2) is 55.0 Å². The van der Waals surface area contributed by atoms with Crippen LogP contribution in [0.5, 0.6) is 0 Å². The Kier molecular flexibility index (Phi) is 6.11. The highest BCUT2D eigenvalue weighted by Gasteiger charge is 2.08. The van der Waals surface area contributed by atoms with Crippen molar-refractivity contribution < 1.29 is 4.79 Å². The number of carbonyl (C=O) groups excluding carboxylic acids is 1. The molecule has 6 heteroatoms. The van der Waals surface area contributed by atoms with Gasteiger partial charge in [0.05, 0.1) is 11.9 Å². The van der Waals surface area contributed by atoms with Crippen molar-refractivity contribution >= 4 is 5.91 Å². The third-order valence-electron chi connectivity index (χ3n) is 4.11. The highest BCUT2D eigenvalue weighted by molar-refractivity contribution is 5.76. The molecule has 1 amide bonds. The lowest BCUT2D eigenvalue weighted by molar-refractivity contribution is -0.121. The van der Waals surface area contributed by atoms with Crippen molar-refractivity contribution in [3.8, 4) is 11.3 Å². The molecule has 0 radical (unpaired) electrons. The van der Waals surface area contributed by atoms with Crippen molar-refractivity contribution in [2.45, 2.75) is 26.4 Å². The number of nitrogens with zero attached hydrogens (tertiary/aromatic N) is 2. The minimum absolute atomic E-state index is 0.0207. The molecule has 0 aliphatic rings. The van der Waals surface area contributed by atoms with E-state index >= 15 is 0 Å². The fourth-order valence-electron chi connectivity index (χ4n) is 2.63. The minimum Gasteiger partial charge on any atom is -0.352 e. The van der Waals surface area contributed by atoms with Crippen LogP contribution in [-0.2, 0) is 17.9 Å². The number of benzene rings is 1. The van der Waals surface area contributed by atoms with Gasteiger partial charge in [-0.15, -0.1) is 0 Å². The van der Waals surface area contributed by atoms with E-state index in [1.165, 1.54) is 5.56 Å². The molecule has 0 unspecified atom stereocenters. The Bertz CT molecular complexity index is 827. The first-order valence-electron chi connectivity index (χ1n) is 8.68. The van der Waals surface area contributed by atoms with Crippen LogP contribution >= 0.6 is 0 Å². The average molecular weight is 349 g/mol. The van der Waals surface area contributed by atoms with E-state index in [0.29, 0.717) is 26.1 Å². The first-order chi connectivity index (χ1) is 12.7. The van der Waals surface area contributed by atoms with E-state index in [-0.39, 0.29) is 5.91 Å². The van der Waals surface area contributed by atoms with E-state index in [0.717, 1.165) is 22.4 Å². The molecule has 2 aromatic heterocycles. The molecule has 0 bridgehead atoms. The van der Waals surface area contributed by atoms with Gasteiger partial charge < -0.3 is 10.6 Å². The second kappa shape index (κ2) is 8.92. The number of amides is 1. The SMILES string of the molecule is Cc1ccc(-c2[nH]ncc2CNCCC(=O)NCc2cccnc2)cc1. The number of hydrogen-bond donors (Lipinski definition) is 3. The van der Waals surface area contributed by atoms with E-state index in [9.17, 15) is 4.79 Å².